The summed E-state index contributed by atoms with van der Waals surface area (Å²) in [6.45, 7) is 0. The van der Waals surface area contributed by atoms with Crippen LogP contribution in [0, 0.1) is 0 Å². The zero-order chi connectivity index (χ0) is 12.7. The number of carboxylic acid groups (broad SMARTS) is 1. The summed E-state index contributed by atoms with van der Waals surface area (Å²) in [6, 6.07) is 5.59. The molecular weight excluding hydrogens is 228 g/mol. The van der Waals surface area contributed by atoms with E-state index in [1.165, 1.54) is 0 Å². The maximum Gasteiger partial charge on any atom is 0.353 e. The molecule has 2 heterocycles. The first-order chi connectivity index (χ1) is 8.70. The third-order valence-corrected chi connectivity index (χ3v) is 3.89. The number of carboxylic acids is 1. The minimum atomic E-state index is -0.894. The Hall–Kier alpha value is -1.97. The van der Waals surface area contributed by atoms with Crippen molar-refractivity contribution >= 4 is 17.2 Å². The molecule has 0 aromatic carbocycles. The van der Waals surface area contributed by atoms with Gasteiger partial charge in [-0.25, -0.2) is 4.79 Å². The smallest absolute Gasteiger partial charge is 0.353 e. The molecule has 3 N–H and O–H groups in total. The highest BCUT2D eigenvalue weighted by molar-refractivity contribution is 5.95. The number of anilines is 1. The van der Waals surface area contributed by atoms with Crippen LogP contribution in [0.2, 0.25) is 0 Å². The maximum atomic E-state index is 11.5. The minimum absolute atomic E-state index is 0.302. The molecule has 1 aliphatic carbocycles. The average molecular weight is 244 g/mol. The zero-order valence-electron chi connectivity index (χ0n) is 10.1. The normalized spacial score (nSPS) is 16.4. The van der Waals surface area contributed by atoms with Crippen molar-refractivity contribution in [1.29, 1.82) is 0 Å². The monoisotopic (exact) mass is 244 g/mol. The van der Waals surface area contributed by atoms with Gasteiger partial charge in [0.05, 0.1) is 11.2 Å². The van der Waals surface area contributed by atoms with Gasteiger partial charge < -0.3 is 15.2 Å². The molecule has 4 heteroatoms. The van der Waals surface area contributed by atoms with E-state index in [1.807, 2.05) is 18.2 Å². The van der Waals surface area contributed by atoms with Crippen molar-refractivity contribution in [2.45, 2.75) is 31.6 Å². The molecule has 94 valence electrons. The number of rotatable bonds is 2. The summed E-state index contributed by atoms with van der Waals surface area (Å²) in [7, 11) is 0. The predicted octanol–water partition coefficient (Wildman–Crippen LogP) is 2.88. The number of nitrogen functional groups attached to an aromatic ring is 1. The molecule has 1 fully saturated rings. The Balaban J connectivity index is 2.31. The van der Waals surface area contributed by atoms with E-state index in [9.17, 15) is 9.90 Å². The van der Waals surface area contributed by atoms with E-state index < -0.39 is 5.97 Å². The fourth-order valence-electron chi connectivity index (χ4n) is 3.10. The van der Waals surface area contributed by atoms with E-state index >= 15 is 0 Å². The van der Waals surface area contributed by atoms with Crippen LogP contribution in [0.4, 0.5) is 5.69 Å². The largest absolute Gasteiger partial charge is 0.477 e. The highest BCUT2D eigenvalue weighted by Crippen LogP contribution is 2.41. The number of pyridine rings is 1. The molecule has 0 atom stereocenters. The molecule has 0 aliphatic heterocycles. The summed E-state index contributed by atoms with van der Waals surface area (Å²) in [5.41, 5.74) is 8.80. The fourth-order valence-corrected chi connectivity index (χ4v) is 3.10. The van der Waals surface area contributed by atoms with E-state index in [-0.39, 0.29) is 0 Å². The van der Waals surface area contributed by atoms with E-state index in [4.69, 9.17) is 5.73 Å². The fraction of sp³-hybridized carbons (Fsp3) is 0.357. The summed E-state index contributed by atoms with van der Waals surface area (Å²) in [6.07, 6.45) is 6.18. The maximum absolute atomic E-state index is 11.5. The van der Waals surface area contributed by atoms with Crippen LogP contribution >= 0.6 is 0 Å². The molecule has 18 heavy (non-hydrogen) atoms. The van der Waals surface area contributed by atoms with Crippen molar-refractivity contribution in [2.75, 3.05) is 5.73 Å². The number of aromatic nitrogens is 1. The van der Waals surface area contributed by atoms with E-state index in [1.54, 1.807) is 10.6 Å². The van der Waals surface area contributed by atoms with Crippen molar-refractivity contribution in [3.8, 4) is 0 Å². The molecule has 2 aromatic heterocycles. The van der Waals surface area contributed by atoms with Crippen molar-refractivity contribution in [2.24, 2.45) is 0 Å². The Morgan fingerprint density at radius 1 is 1.33 bits per heavy atom. The highest BCUT2D eigenvalue weighted by atomic mass is 16.4. The van der Waals surface area contributed by atoms with E-state index in [2.05, 4.69) is 0 Å². The van der Waals surface area contributed by atoms with Crippen LogP contribution in [0.5, 0.6) is 0 Å². The van der Waals surface area contributed by atoms with Crippen molar-refractivity contribution in [1.82, 2.24) is 4.40 Å². The highest BCUT2D eigenvalue weighted by Gasteiger charge is 2.29. The first-order valence-electron chi connectivity index (χ1n) is 6.32. The lowest BCUT2D eigenvalue weighted by molar-refractivity contribution is 0.0687. The number of nitrogens with two attached hydrogens (primary N) is 1. The summed E-state index contributed by atoms with van der Waals surface area (Å²) in [4.78, 5) is 11.5. The number of hydrogen-bond donors (Lipinski definition) is 2. The summed E-state index contributed by atoms with van der Waals surface area (Å²) in [5.74, 6) is -0.592. The van der Waals surface area contributed by atoms with Gasteiger partial charge in [-0.2, -0.15) is 0 Å². The van der Waals surface area contributed by atoms with Crippen LogP contribution in [-0.4, -0.2) is 15.5 Å². The molecule has 0 amide bonds. The number of carbonyl (C=O) groups is 1. The molecule has 2 aromatic rings. The zero-order valence-corrected chi connectivity index (χ0v) is 10.1. The summed E-state index contributed by atoms with van der Waals surface area (Å²) < 4.78 is 1.70. The van der Waals surface area contributed by atoms with Crippen LogP contribution in [0.15, 0.2) is 24.4 Å². The lowest BCUT2D eigenvalue weighted by Gasteiger charge is -2.10. The minimum Gasteiger partial charge on any atom is -0.477 e. The molecule has 0 spiro atoms. The van der Waals surface area contributed by atoms with Crippen molar-refractivity contribution < 1.29 is 9.90 Å². The average Bonchev–Trinajstić information content (AvgIpc) is 2.96. The first-order valence-corrected chi connectivity index (χ1v) is 6.32. The second-order valence-electron chi connectivity index (χ2n) is 4.92. The van der Waals surface area contributed by atoms with Crippen molar-refractivity contribution in [3.63, 3.8) is 0 Å². The molecular formula is C14H16N2O2. The van der Waals surface area contributed by atoms with E-state index in [0.717, 1.165) is 36.8 Å². The number of fused-ring (bicyclic) bond motifs is 1. The van der Waals surface area contributed by atoms with Gasteiger partial charge in [-0.1, -0.05) is 18.9 Å². The predicted molar refractivity (Wildman–Crippen MR) is 70.0 cm³/mol. The van der Waals surface area contributed by atoms with E-state index in [0.29, 0.717) is 17.3 Å². The molecule has 1 saturated carbocycles. The molecule has 0 unspecified atom stereocenters. The van der Waals surface area contributed by atoms with Gasteiger partial charge in [0.25, 0.3) is 0 Å². The third-order valence-electron chi connectivity index (χ3n) is 3.89. The second kappa shape index (κ2) is 4.05. The SMILES string of the molecule is Nc1c(C2CCCC2)c(C(=O)O)n2ccccc12. The number of nitrogens with zero attached hydrogens (tertiary/aromatic N) is 1. The van der Waals surface area contributed by atoms with Gasteiger partial charge in [-0.05, 0) is 30.9 Å². The number of aromatic carboxylic acids is 1. The van der Waals surface area contributed by atoms with Crippen LogP contribution in [0.1, 0.15) is 47.7 Å². The Morgan fingerprint density at radius 3 is 2.72 bits per heavy atom. The van der Waals surface area contributed by atoms with Gasteiger partial charge in [0.15, 0.2) is 0 Å². The molecule has 0 bridgehead atoms. The topological polar surface area (TPSA) is 67.7 Å². The lowest BCUT2D eigenvalue weighted by atomic mass is 9.96. The van der Waals surface area contributed by atoms with Gasteiger partial charge >= 0.3 is 5.97 Å². The molecule has 0 radical (unpaired) electrons. The van der Waals surface area contributed by atoms with Gasteiger partial charge in [-0.15, -0.1) is 0 Å². The second-order valence-corrected chi connectivity index (χ2v) is 4.92. The first kappa shape index (κ1) is 11.1. The van der Waals surface area contributed by atoms with Gasteiger partial charge in [0.2, 0.25) is 0 Å². The lowest BCUT2D eigenvalue weighted by Crippen LogP contribution is -2.07. The van der Waals surface area contributed by atoms with Crippen LogP contribution < -0.4 is 5.73 Å². The van der Waals surface area contributed by atoms with Crippen LogP contribution in [-0.2, 0) is 0 Å². The third kappa shape index (κ3) is 1.49. The van der Waals surface area contributed by atoms with Gasteiger partial charge in [0, 0.05) is 11.8 Å². The van der Waals surface area contributed by atoms with Crippen LogP contribution in [0.25, 0.3) is 5.52 Å². The Labute approximate surface area is 105 Å². The Bertz CT molecular complexity index is 610. The Morgan fingerprint density at radius 2 is 2.06 bits per heavy atom. The number of hydrogen-bond acceptors (Lipinski definition) is 2. The molecule has 4 nitrogen and oxygen atoms in total. The standard InChI is InChI=1S/C14H16N2O2/c15-12-10-7-3-4-8-16(10)13(14(17)18)11(12)9-5-1-2-6-9/h3-4,7-9H,1-2,5-6,15H2,(H,17,18). The summed E-state index contributed by atoms with van der Waals surface area (Å²) in [5, 5.41) is 9.46. The molecule has 3 rings (SSSR count). The molecule has 1 aliphatic rings. The van der Waals surface area contributed by atoms with Gasteiger partial charge in [0.1, 0.15) is 5.69 Å². The Kier molecular flexibility index (Phi) is 2.51. The summed E-state index contributed by atoms with van der Waals surface area (Å²) >= 11 is 0. The van der Waals surface area contributed by atoms with Crippen molar-refractivity contribution in [3.05, 3.63) is 35.7 Å². The quantitative estimate of drug-likeness (QED) is 0.853. The molecule has 0 saturated heterocycles. The van der Waals surface area contributed by atoms with Gasteiger partial charge in [-0.3, -0.25) is 0 Å². The van der Waals surface area contributed by atoms with Crippen LogP contribution in [0.3, 0.4) is 0 Å².